The normalized spacial score (nSPS) is 19.8. The van der Waals surface area contributed by atoms with Gasteiger partial charge in [0.05, 0.1) is 36.4 Å². The minimum atomic E-state index is -0.576. The van der Waals surface area contributed by atoms with Crippen molar-refractivity contribution in [1.82, 2.24) is 24.4 Å². The van der Waals surface area contributed by atoms with Gasteiger partial charge >= 0.3 is 6.09 Å². The molecule has 0 radical (unpaired) electrons. The van der Waals surface area contributed by atoms with Crippen LogP contribution in [0.15, 0.2) is 36.8 Å². The largest absolute Gasteiger partial charge is 0.473 e. The van der Waals surface area contributed by atoms with Gasteiger partial charge in [-0.25, -0.2) is 14.8 Å². The van der Waals surface area contributed by atoms with Crippen molar-refractivity contribution in [2.24, 2.45) is 0 Å². The number of hydrogen-bond donors (Lipinski definition) is 0. The molecule has 1 aliphatic carbocycles. The van der Waals surface area contributed by atoms with Crippen LogP contribution in [-0.4, -0.2) is 42.2 Å². The van der Waals surface area contributed by atoms with E-state index < -0.39 is 5.60 Å². The molecule has 0 bridgehead atoms. The van der Waals surface area contributed by atoms with Gasteiger partial charge in [0.1, 0.15) is 17.5 Å². The first-order valence-electron chi connectivity index (χ1n) is 12.5. The molecule has 0 atom stereocenters. The summed E-state index contributed by atoms with van der Waals surface area (Å²) in [4.78, 5) is 28.2. The average Bonchev–Trinajstić information content (AvgIpc) is 3.04. The highest BCUT2D eigenvalue weighted by Crippen LogP contribution is 2.38. The molecule has 2 aliphatic rings. The monoisotopic (exact) mass is 509 g/mol. The number of aryl methyl sites for hydroxylation is 1. The Balaban J connectivity index is 1.44. The van der Waals surface area contributed by atoms with Crippen LogP contribution in [0, 0.1) is 6.92 Å². The molecule has 1 amide bonds. The number of carbonyl (C=O) groups excluding carboxylic acids is 1. The van der Waals surface area contributed by atoms with E-state index in [4.69, 9.17) is 26.1 Å². The molecule has 0 saturated heterocycles. The zero-order chi connectivity index (χ0) is 25.4. The molecule has 1 fully saturated rings. The summed E-state index contributed by atoms with van der Waals surface area (Å²) >= 11 is 6.38. The Hall–Kier alpha value is -3.13. The van der Waals surface area contributed by atoms with Gasteiger partial charge in [-0.15, -0.1) is 0 Å². The van der Waals surface area contributed by atoms with Crippen LogP contribution in [0.1, 0.15) is 75.1 Å². The number of aromatic nitrogens is 4. The Labute approximate surface area is 216 Å². The van der Waals surface area contributed by atoms with Crippen LogP contribution in [0.5, 0.6) is 5.88 Å². The lowest BCUT2D eigenvalue weighted by atomic mass is 9.86. The highest BCUT2D eigenvalue weighted by atomic mass is 35.5. The smallest absolute Gasteiger partial charge is 0.410 e. The van der Waals surface area contributed by atoms with Crippen molar-refractivity contribution in [1.29, 1.82) is 0 Å². The molecule has 36 heavy (non-hydrogen) atoms. The molecule has 1 saturated carbocycles. The molecule has 5 rings (SSSR count). The number of ether oxygens (including phenoxy) is 2. The Morgan fingerprint density at radius 2 is 1.89 bits per heavy atom. The maximum absolute atomic E-state index is 13.1. The van der Waals surface area contributed by atoms with Gasteiger partial charge in [0.2, 0.25) is 5.88 Å². The summed E-state index contributed by atoms with van der Waals surface area (Å²) < 4.78 is 14.0. The standard InChI is InChI=1S/C27H32ClN5O3/c1-17-23-16-32(26(34)36-27(2,3)4)15-19-13-20(28)7-10-22(19)33(23)25(31-17)18-5-8-21(9-6-18)35-24-14-29-11-12-30-24/h7,10-14,18,21H,5-6,8-9,15-16H2,1-4H3. The van der Waals surface area contributed by atoms with E-state index in [1.807, 2.05) is 45.9 Å². The summed E-state index contributed by atoms with van der Waals surface area (Å²) in [6.07, 6.45) is 8.47. The predicted molar refractivity (Wildman–Crippen MR) is 136 cm³/mol. The number of rotatable bonds is 3. The van der Waals surface area contributed by atoms with Gasteiger partial charge in [-0.1, -0.05) is 11.6 Å². The lowest BCUT2D eigenvalue weighted by Crippen LogP contribution is -2.35. The van der Waals surface area contributed by atoms with Crippen LogP contribution in [-0.2, 0) is 17.8 Å². The second kappa shape index (κ2) is 9.73. The zero-order valence-corrected chi connectivity index (χ0v) is 22.0. The number of amides is 1. The Morgan fingerprint density at radius 3 is 2.58 bits per heavy atom. The molecule has 3 heterocycles. The van der Waals surface area contributed by atoms with Gasteiger partial charge < -0.3 is 9.47 Å². The van der Waals surface area contributed by atoms with E-state index in [0.717, 1.165) is 54.1 Å². The van der Waals surface area contributed by atoms with E-state index in [0.29, 0.717) is 24.0 Å². The Bertz CT molecular complexity index is 1250. The van der Waals surface area contributed by atoms with Crippen LogP contribution >= 0.6 is 11.6 Å². The number of fused-ring (bicyclic) bond motifs is 3. The first kappa shape index (κ1) is 24.6. The zero-order valence-electron chi connectivity index (χ0n) is 21.2. The van der Waals surface area contributed by atoms with Gasteiger partial charge in [0.25, 0.3) is 0 Å². The van der Waals surface area contributed by atoms with Crippen molar-refractivity contribution in [3.63, 3.8) is 0 Å². The fourth-order valence-electron chi connectivity index (χ4n) is 5.07. The summed E-state index contributed by atoms with van der Waals surface area (Å²) in [7, 11) is 0. The average molecular weight is 510 g/mol. The molecule has 0 spiro atoms. The van der Waals surface area contributed by atoms with Crippen LogP contribution in [0.2, 0.25) is 5.02 Å². The Kier molecular flexibility index (Phi) is 6.64. The molecular formula is C27H32ClN5O3. The van der Waals surface area contributed by atoms with E-state index in [9.17, 15) is 4.79 Å². The van der Waals surface area contributed by atoms with E-state index in [1.165, 1.54) is 0 Å². The SMILES string of the molecule is Cc1nc(C2CCC(Oc3cnccn3)CC2)n2c1CN(C(=O)OC(C)(C)C)Cc1cc(Cl)ccc1-2. The fraction of sp³-hybridized carbons (Fsp3) is 0.481. The minimum Gasteiger partial charge on any atom is -0.473 e. The number of benzene rings is 1. The van der Waals surface area contributed by atoms with Crippen molar-refractivity contribution in [2.45, 2.75) is 84.1 Å². The molecule has 9 heteroatoms. The first-order chi connectivity index (χ1) is 17.2. The van der Waals surface area contributed by atoms with E-state index >= 15 is 0 Å². The van der Waals surface area contributed by atoms with Crippen molar-refractivity contribution in [3.8, 4) is 11.6 Å². The molecule has 1 aromatic carbocycles. The van der Waals surface area contributed by atoms with Gasteiger partial charge in [-0.3, -0.25) is 14.5 Å². The molecule has 3 aromatic rings. The fourth-order valence-corrected chi connectivity index (χ4v) is 5.26. The Morgan fingerprint density at radius 1 is 1.11 bits per heavy atom. The third kappa shape index (κ3) is 5.19. The van der Waals surface area contributed by atoms with E-state index in [2.05, 4.69) is 14.5 Å². The number of hydrogen-bond acceptors (Lipinski definition) is 6. The predicted octanol–water partition coefficient (Wildman–Crippen LogP) is 5.98. The summed E-state index contributed by atoms with van der Waals surface area (Å²) in [6, 6.07) is 5.87. The van der Waals surface area contributed by atoms with Gasteiger partial charge in [0, 0.05) is 23.3 Å². The number of nitrogens with zero attached hydrogens (tertiary/aromatic N) is 5. The highest BCUT2D eigenvalue weighted by Gasteiger charge is 2.33. The number of carbonyl (C=O) groups is 1. The maximum atomic E-state index is 13.1. The van der Waals surface area contributed by atoms with Gasteiger partial charge in [-0.2, -0.15) is 0 Å². The van der Waals surface area contributed by atoms with Crippen LogP contribution in [0.3, 0.4) is 0 Å². The number of imidazole rings is 1. The molecule has 1 aliphatic heterocycles. The van der Waals surface area contributed by atoms with Crippen LogP contribution < -0.4 is 4.74 Å². The van der Waals surface area contributed by atoms with Crippen molar-refractivity contribution >= 4 is 17.7 Å². The molecule has 8 nitrogen and oxygen atoms in total. The molecule has 190 valence electrons. The summed E-state index contributed by atoms with van der Waals surface area (Å²) in [5.41, 5.74) is 3.36. The van der Waals surface area contributed by atoms with E-state index in [1.54, 1.807) is 23.5 Å². The quantitative estimate of drug-likeness (QED) is 0.432. The van der Waals surface area contributed by atoms with Gasteiger partial charge in [0.15, 0.2) is 0 Å². The summed E-state index contributed by atoms with van der Waals surface area (Å²) in [6.45, 7) is 8.50. The lowest BCUT2D eigenvalue weighted by Gasteiger charge is -2.29. The van der Waals surface area contributed by atoms with E-state index in [-0.39, 0.29) is 18.1 Å². The minimum absolute atomic E-state index is 0.117. The topological polar surface area (TPSA) is 82.4 Å². The molecule has 0 unspecified atom stereocenters. The molecule has 0 N–H and O–H groups in total. The van der Waals surface area contributed by atoms with Crippen molar-refractivity contribution in [2.75, 3.05) is 0 Å². The second-order valence-electron chi connectivity index (χ2n) is 10.6. The molecular weight excluding hydrogens is 478 g/mol. The van der Waals surface area contributed by atoms with Crippen LogP contribution in [0.25, 0.3) is 5.69 Å². The summed E-state index contributed by atoms with van der Waals surface area (Å²) in [5, 5.41) is 0.640. The van der Waals surface area contributed by atoms with Crippen molar-refractivity contribution < 1.29 is 14.3 Å². The molecule has 2 aromatic heterocycles. The first-order valence-corrected chi connectivity index (χ1v) is 12.8. The van der Waals surface area contributed by atoms with Crippen molar-refractivity contribution in [3.05, 3.63) is 64.6 Å². The maximum Gasteiger partial charge on any atom is 0.410 e. The highest BCUT2D eigenvalue weighted by molar-refractivity contribution is 6.30. The third-order valence-corrected chi connectivity index (χ3v) is 6.94. The number of halogens is 1. The van der Waals surface area contributed by atoms with Crippen LogP contribution in [0.4, 0.5) is 4.79 Å². The summed E-state index contributed by atoms with van der Waals surface area (Å²) in [5.74, 6) is 1.89. The lowest BCUT2D eigenvalue weighted by molar-refractivity contribution is 0.0217. The van der Waals surface area contributed by atoms with Gasteiger partial charge in [-0.05, 0) is 77.1 Å². The third-order valence-electron chi connectivity index (χ3n) is 6.70. The second-order valence-corrected chi connectivity index (χ2v) is 11.0.